The maximum absolute atomic E-state index is 9.63. The van der Waals surface area contributed by atoms with Gasteiger partial charge in [0.05, 0.1) is 12.6 Å². The summed E-state index contributed by atoms with van der Waals surface area (Å²) in [6.45, 7) is 5.32. The van der Waals surface area contributed by atoms with Gasteiger partial charge in [0.25, 0.3) is 0 Å². The van der Waals surface area contributed by atoms with E-state index in [1.165, 1.54) is 5.56 Å². The van der Waals surface area contributed by atoms with Gasteiger partial charge in [-0.3, -0.25) is 4.90 Å². The number of benzene rings is 1. The minimum Gasteiger partial charge on any atom is -0.394 e. The Labute approximate surface area is 111 Å². The van der Waals surface area contributed by atoms with Gasteiger partial charge in [-0.2, -0.15) is 0 Å². The topological polar surface area (TPSA) is 35.5 Å². The minimum atomic E-state index is 0.108. The third-order valence-corrected chi connectivity index (χ3v) is 3.74. The quantitative estimate of drug-likeness (QED) is 0.893. The van der Waals surface area contributed by atoms with Crippen molar-refractivity contribution in [2.75, 3.05) is 26.2 Å². The number of aliphatic hydroxyl groups excluding tert-OH is 1. The van der Waals surface area contributed by atoms with E-state index in [0.717, 1.165) is 24.1 Å². The van der Waals surface area contributed by atoms with Gasteiger partial charge in [0.1, 0.15) is 0 Å². The van der Waals surface area contributed by atoms with Crippen LogP contribution in [0.5, 0.6) is 0 Å². The predicted octanol–water partition coefficient (Wildman–Crippen LogP) is 1.78. The summed E-state index contributed by atoms with van der Waals surface area (Å²) < 4.78 is 1.07. The zero-order valence-electron chi connectivity index (χ0n) is 10.1. The SMILES string of the molecule is CC1CN(C(CO)c2cccc(Br)c2)CCN1. The Hall–Kier alpha value is -0.420. The molecule has 1 aromatic rings. The average molecular weight is 299 g/mol. The molecule has 0 saturated carbocycles. The van der Waals surface area contributed by atoms with Crippen LogP contribution in [0.1, 0.15) is 18.5 Å². The standard InChI is InChI=1S/C13H19BrN2O/c1-10-8-16(6-5-15-10)13(9-17)11-3-2-4-12(14)7-11/h2-4,7,10,13,15,17H,5-6,8-9H2,1H3. The molecule has 17 heavy (non-hydrogen) atoms. The van der Waals surface area contributed by atoms with Crippen molar-refractivity contribution >= 4 is 15.9 Å². The fourth-order valence-electron chi connectivity index (χ4n) is 2.39. The summed E-state index contributed by atoms with van der Waals surface area (Å²) in [5.74, 6) is 0. The maximum atomic E-state index is 9.63. The first kappa shape index (κ1) is 13.0. The predicted molar refractivity (Wildman–Crippen MR) is 73.0 cm³/mol. The van der Waals surface area contributed by atoms with Crippen LogP contribution < -0.4 is 5.32 Å². The lowest BCUT2D eigenvalue weighted by Crippen LogP contribution is -2.50. The largest absolute Gasteiger partial charge is 0.394 e. The molecule has 1 aliphatic heterocycles. The zero-order chi connectivity index (χ0) is 12.3. The molecule has 0 bridgehead atoms. The van der Waals surface area contributed by atoms with Crippen LogP contribution in [0.15, 0.2) is 28.7 Å². The van der Waals surface area contributed by atoms with Crippen molar-refractivity contribution in [3.05, 3.63) is 34.3 Å². The monoisotopic (exact) mass is 298 g/mol. The minimum absolute atomic E-state index is 0.108. The van der Waals surface area contributed by atoms with Crippen LogP contribution in [0.2, 0.25) is 0 Å². The van der Waals surface area contributed by atoms with E-state index >= 15 is 0 Å². The van der Waals surface area contributed by atoms with Crippen molar-refractivity contribution in [1.29, 1.82) is 0 Å². The number of nitrogens with zero attached hydrogens (tertiary/aromatic N) is 1. The highest BCUT2D eigenvalue weighted by molar-refractivity contribution is 9.10. The van der Waals surface area contributed by atoms with Gasteiger partial charge in [-0.1, -0.05) is 28.1 Å². The molecule has 1 fully saturated rings. The second-order valence-electron chi connectivity index (χ2n) is 4.60. The summed E-state index contributed by atoms with van der Waals surface area (Å²) >= 11 is 3.48. The number of rotatable bonds is 3. The molecule has 0 amide bonds. The van der Waals surface area contributed by atoms with E-state index in [9.17, 15) is 5.11 Å². The summed E-state index contributed by atoms with van der Waals surface area (Å²) in [7, 11) is 0. The van der Waals surface area contributed by atoms with Crippen molar-refractivity contribution in [2.24, 2.45) is 0 Å². The number of nitrogens with one attached hydrogen (secondary N) is 1. The number of halogens is 1. The normalized spacial score (nSPS) is 23.6. The van der Waals surface area contributed by atoms with Gasteiger partial charge in [-0.25, -0.2) is 0 Å². The van der Waals surface area contributed by atoms with Crippen molar-refractivity contribution in [3.63, 3.8) is 0 Å². The summed E-state index contributed by atoms with van der Waals surface area (Å²) in [5.41, 5.74) is 1.18. The Morgan fingerprint density at radius 3 is 3.06 bits per heavy atom. The number of piperazine rings is 1. The Morgan fingerprint density at radius 2 is 2.41 bits per heavy atom. The molecule has 94 valence electrons. The van der Waals surface area contributed by atoms with E-state index in [4.69, 9.17) is 0 Å². The Kier molecular flexibility index (Phi) is 4.56. The van der Waals surface area contributed by atoms with E-state index in [1.54, 1.807) is 0 Å². The van der Waals surface area contributed by atoms with E-state index < -0.39 is 0 Å². The van der Waals surface area contributed by atoms with Gasteiger partial charge < -0.3 is 10.4 Å². The third-order valence-electron chi connectivity index (χ3n) is 3.25. The number of hydrogen-bond donors (Lipinski definition) is 2. The highest BCUT2D eigenvalue weighted by Gasteiger charge is 2.24. The molecular formula is C13H19BrN2O. The van der Waals surface area contributed by atoms with Crippen LogP contribution >= 0.6 is 15.9 Å². The molecule has 0 aliphatic carbocycles. The molecule has 1 aromatic carbocycles. The van der Waals surface area contributed by atoms with Crippen molar-refractivity contribution in [2.45, 2.75) is 19.0 Å². The summed E-state index contributed by atoms with van der Waals surface area (Å²) in [6.07, 6.45) is 0. The van der Waals surface area contributed by atoms with Crippen molar-refractivity contribution < 1.29 is 5.11 Å². The van der Waals surface area contributed by atoms with Crippen molar-refractivity contribution in [3.8, 4) is 0 Å². The zero-order valence-corrected chi connectivity index (χ0v) is 11.7. The molecule has 1 saturated heterocycles. The van der Waals surface area contributed by atoms with Gasteiger partial charge in [0.15, 0.2) is 0 Å². The lowest BCUT2D eigenvalue weighted by molar-refractivity contribution is 0.0962. The van der Waals surface area contributed by atoms with E-state index in [2.05, 4.69) is 45.2 Å². The van der Waals surface area contributed by atoms with Crippen LogP contribution in [-0.2, 0) is 0 Å². The van der Waals surface area contributed by atoms with Crippen LogP contribution in [0.4, 0.5) is 0 Å². The fourth-order valence-corrected chi connectivity index (χ4v) is 2.81. The highest BCUT2D eigenvalue weighted by Crippen LogP contribution is 2.24. The van der Waals surface area contributed by atoms with Crippen LogP contribution in [0, 0.1) is 0 Å². The molecule has 2 rings (SSSR count). The highest BCUT2D eigenvalue weighted by atomic mass is 79.9. The summed E-state index contributed by atoms with van der Waals surface area (Å²) in [6, 6.07) is 8.81. The summed E-state index contributed by atoms with van der Waals surface area (Å²) in [5, 5.41) is 13.1. The molecule has 1 heterocycles. The average Bonchev–Trinajstić information content (AvgIpc) is 2.30. The second kappa shape index (κ2) is 5.96. The molecule has 1 aliphatic rings. The first-order chi connectivity index (χ1) is 8.20. The van der Waals surface area contributed by atoms with E-state index in [1.807, 2.05) is 12.1 Å². The molecular weight excluding hydrogens is 280 g/mol. The molecule has 0 radical (unpaired) electrons. The molecule has 0 aromatic heterocycles. The molecule has 0 spiro atoms. The Morgan fingerprint density at radius 1 is 1.59 bits per heavy atom. The number of hydrogen-bond acceptors (Lipinski definition) is 3. The van der Waals surface area contributed by atoms with Gasteiger partial charge in [0.2, 0.25) is 0 Å². The third kappa shape index (κ3) is 3.28. The molecule has 4 heteroatoms. The van der Waals surface area contributed by atoms with Gasteiger partial charge in [0, 0.05) is 30.1 Å². The van der Waals surface area contributed by atoms with Crippen LogP contribution in [0.3, 0.4) is 0 Å². The van der Waals surface area contributed by atoms with Crippen LogP contribution in [-0.4, -0.2) is 42.3 Å². The van der Waals surface area contributed by atoms with Crippen LogP contribution in [0.25, 0.3) is 0 Å². The van der Waals surface area contributed by atoms with Gasteiger partial charge in [-0.15, -0.1) is 0 Å². The fraction of sp³-hybridized carbons (Fsp3) is 0.538. The molecule has 2 N–H and O–H groups in total. The molecule has 2 atom stereocenters. The van der Waals surface area contributed by atoms with E-state index in [-0.39, 0.29) is 12.6 Å². The second-order valence-corrected chi connectivity index (χ2v) is 5.52. The lowest BCUT2D eigenvalue weighted by atomic mass is 10.0. The van der Waals surface area contributed by atoms with Gasteiger partial charge >= 0.3 is 0 Å². The van der Waals surface area contributed by atoms with Crippen molar-refractivity contribution in [1.82, 2.24) is 10.2 Å². The maximum Gasteiger partial charge on any atom is 0.0628 e. The Balaban J connectivity index is 2.15. The summed E-state index contributed by atoms with van der Waals surface area (Å²) in [4.78, 5) is 2.35. The molecule has 2 unspecified atom stereocenters. The number of aliphatic hydroxyl groups is 1. The van der Waals surface area contributed by atoms with E-state index in [0.29, 0.717) is 6.04 Å². The van der Waals surface area contributed by atoms with Gasteiger partial charge in [-0.05, 0) is 24.6 Å². The Bertz CT molecular complexity index is 372. The smallest absolute Gasteiger partial charge is 0.0628 e. The lowest BCUT2D eigenvalue weighted by Gasteiger charge is -2.37. The molecule has 3 nitrogen and oxygen atoms in total. The first-order valence-corrected chi connectivity index (χ1v) is 6.83. The first-order valence-electron chi connectivity index (χ1n) is 6.04.